The molecule has 0 fully saturated rings. The van der Waals surface area contributed by atoms with Crippen LogP contribution in [0.1, 0.15) is 33.1 Å². The van der Waals surface area contributed by atoms with Gasteiger partial charge in [0.25, 0.3) is 0 Å². The molecule has 0 saturated heterocycles. The van der Waals surface area contributed by atoms with Crippen LogP contribution in [0.4, 0.5) is 0 Å². The van der Waals surface area contributed by atoms with Gasteiger partial charge in [0.05, 0.1) is 12.0 Å². The zero-order valence-corrected chi connectivity index (χ0v) is 9.19. The maximum absolute atomic E-state index is 11.6. The Hall–Kier alpha value is -0.805. The highest BCUT2D eigenvalue weighted by Gasteiger charge is 2.37. The van der Waals surface area contributed by atoms with Gasteiger partial charge in [0.1, 0.15) is 0 Å². The number of esters is 1. The number of hydrogen-bond acceptors (Lipinski definition) is 4. The first-order valence-electron chi connectivity index (χ1n) is 5.22. The van der Waals surface area contributed by atoms with Crippen LogP contribution in [-0.4, -0.2) is 29.7 Å². The first-order chi connectivity index (χ1) is 6.99. The third-order valence-corrected chi connectivity index (χ3v) is 2.88. The molecule has 0 aliphatic heterocycles. The average molecular weight is 212 g/mol. The van der Waals surface area contributed by atoms with Gasteiger partial charge in [-0.15, -0.1) is 0 Å². The second-order valence-electron chi connectivity index (χ2n) is 4.14. The monoisotopic (exact) mass is 212 g/mol. The molecule has 5 heteroatoms. The molecule has 0 unspecified atom stereocenters. The summed E-state index contributed by atoms with van der Waals surface area (Å²) in [6.07, 6.45) is 3.38. The third-order valence-electron chi connectivity index (χ3n) is 2.88. The van der Waals surface area contributed by atoms with Crippen molar-refractivity contribution in [2.45, 2.75) is 33.1 Å². The Balaban J connectivity index is 2.65. The second kappa shape index (κ2) is 4.81. The minimum absolute atomic E-state index is 0.201. The van der Waals surface area contributed by atoms with Crippen molar-refractivity contribution < 1.29 is 19.6 Å². The molecule has 2 N–H and O–H groups in total. The summed E-state index contributed by atoms with van der Waals surface area (Å²) in [6, 6.07) is 0. The van der Waals surface area contributed by atoms with E-state index < -0.39 is 12.5 Å². The van der Waals surface area contributed by atoms with Crippen molar-refractivity contribution in [3.8, 4) is 0 Å². The Morgan fingerprint density at radius 2 is 2.33 bits per heavy atom. The lowest BCUT2D eigenvalue weighted by atomic mass is 9.67. The zero-order chi connectivity index (χ0) is 11.5. The molecule has 0 aromatic rings. The summed E-state index contributed by atoms with van der Waals surface area (Å²) in [5.41, 5.74) is 0.0887. The fourth-order valence-corrected chi connectivity index (χ4v) is 1.71. The number of carbonyl (C=O) groups is 1. The van der Waals surface area contributed by atoms with E-state index in [1.807, 2.05) is 6.92 Å². The quantitative estimate of drug-likeness (QED) is 0.533. The van der Waals surface area contributed by atoms with Crippen LogP contribution in [0.3, 0.4) is 0 Å². The zero-order valence-electron chi connectivity index (χ0n) is 9.19. The van der Waals surface area contributed by atoms with E-state index in [9.17, 15) is 4.79 Å². The maximum atomic E-state index is 11.6. The van der Waals surface area contributed by atoms with Gasteiger partial charge in [-0.3, -0.25) is 4.79 Å². The summed E-state index contributed by atoms with van der Waals surface area (Å²) in [7, 11) is -1.39. The first kappa shape index (κ1) is 12.3. The standard InChI is InChI=1S/C10H17BO4/c1-3-15-9(12)10(2)6-4-8(5-7-10)11(13)14/h4,13-14H,3,5-7H2,1-2H3/t10-/m1/s1. The highest BCUT2D eigenvalue weighted by Crippen LogP contribution is 2.36. The van der Waals surface area contributed by atoms with Crippen LogP contribution in [0.5, 0.6) is 0 Å². The lowest BCUT2D eigenvalue weighted by molar-refractivity contribution is -0.154. The fraction of sp³-hybridized carbons (Fsp3) is 0.700. The molecular formula is C10H17BO4. The molecule has 1 aliphatic carbocycles. The van der Waals surface area contributed by atoms with Crippen LogP contribution in [0.15, 0.2) is 11.5 Å². The number of allylic oxidation sites excluding steroid dienone is 2. The van der Waals surface area contributed by atoms with Gasteiger partial charge in [-0.25, -0.2) is 0 Å². The van der Waals surface area contributed by atoms with Crippen molar-refractivity contribution in [3.63, 3.8) is 0 Å². The third kappa shape index (κ3) is 2.82. The van der Waals surface area contributed by atoms with Gasteiger partial charge in [-0.1, -0.05) is 6.08 Å². The van der Waals surface area contributed by atoms with Crippen LogP contribution < -0.4 is 0 Å². The molecule has 1 aliphatic rings. The minimum atomic E-state index is -1.39. The van der Waals surface area contributed by atoms with E-state index in [0.717, 1.165) is 0 Å². The number of carbonyl (C=O) groups excluding carboxylic acids is 1. The smallest absolute Gasteiger partial charge is 0.466 e. The molecule has 84 valence electrons. The Kier molecular flexibility index (Phi) is 3.93. The van der Waals surface area contributed by atoms with Crippen LogP contribution in [0.2, 0.25) is 0 Å². The van der Waals surface area contributed by atoms with E-state index in [4.69, 9.17) is 14.8 Å². The predicted molar refractivity (Wildman–Crippen MR) is 56.9 cm³/mol. The SMILES string of the molecule is CCOC(=O)[C@]1(C)CC=C(B(O)O)CC1. The molecule has 1 rings (SSSR count). The summed E-state index contributed by atoms with van der Waals surface area (Å²) in [5, 5.41) is 17.9. The first-order valence-corrected chi connectivity index (χ1v) is 5.22. The van der Waals surface area contributed by atoms with Crippen LogP contribution >= 0.6 is 0 Å². The molecule has 4 nitrogen and oxygen atoms in total. The van der Waals surface area contributed by atoms with Crippen molar-refractivity contribution in [1.29, 1.82) is 0 Å². The number of hydrogen-bond donors (Lipinski definition) is 2. The van der Waals surface area contributed by atoms with Crippen LogP contribution in [0, 0.1) is 5.41 Å². The fourth-order valence-electron chi connectivity index (χ4n) is 1.71. The van der Waals surface area contributed by atoms with E-state index in [2.05, 4.69) is 0 Å². The molecular weight excluding hydrogens is 195 g/mol. The molecule has 0 heterocycles. The molecule has 0 spiro atoms. The van der Waals surface area contributed by atoms with Crippen molar-refractivity contribution in [2.75, 3.05) is 6.61 Å². The summed E-state index contributed by atoms with van der Waals surface area (Å²) < 4.78 is 4.99. The highest BCUT2D eigenvalue weighted by atomic mass is 16.5. The van der Waals surface area contributed by atoms with E-state index in [1.54, 1.807) is 13.0 Å². The predicted octanol–water partition coefficient (Wildman–Crippen LogP) is 0.678. The van der Waals surface area contributed by atoms with Gasteiger partial charge in [-0.05, 0) is 38.6 Å². The van der Waals surface area contributed by atoms with E-state index in [-0.39, 0.29) is 5.97 Å². The molecule has 0 aromatic carbocycles. The van der Waals surface area contributed by atoms with Gasteiger partial charge in [0.2, 0.25) is 0 Å². The van der Waals surface area contributed by atoms with Crippen LogP contribution in [-0.2, 0) is 9.53 Å². The van der Waals surface area contributed by atoms with Crippen molar-refractivity contribution in [3.05, 3.63) is 11.5 Å². The summed E-state index contributed by atoms with van der Waals surface area (Å²) in [5.74, 6) is -0.201. The van der Waals surface area contributed by atoms with Crippen molar-refractivity contribution in [2.24, 2.45) is 5.41 Å². The molecule has 1 atom stereocenters. The molecule has 15 heavy (non-hydrogen) atoms. The molecule has 0 aromatic heterocycles. The van der Waals surface area contributed by atoms with E-state index in [1.165, 1.54) is 0 Å². The Labute approximate surface area is 90.1 Å². The van der Waals surface area contributed by atoms with Crippen molar-refractivity contribution in [1.82, 2.24) is 0 Å². The van der Waals surface area contributed by atoms with Crippen LogP contribution in [0.25, 0.3) is 0 Å². The number of rotatable bonds is 3. The normalized spacial score (nSPS) is 25.7. The van der Waals surface area contributed by atoms with E-state index >= 15 is 0 Å². The average Bonchev–Trinajstić information content (AvgIpc) is 2.18. The van der Waals surface area contributed by atoms with Crippen molar-refractivity contribution >= 4 is 13.1 Å². The highest BCUT2D eigenvalue weighted by molar-refractivity contribution is 6.50. The summed E-state index contributed by atoms with van der Waals surface area (Å²) >= 11 is 0. The van der Waals surface area contributed by atoms with Gasteiger partial charge >= 0.3 is 13.1 Å². The van der Waals surface area contributed by atoms with Gasteiger partial charge in [-0.2, -0.15) is 0 Å². The number of ether oxygens (including phenoxy) is 1. The summed E-state index contributed by atoms with van der Waals surface area (Å²) in [4.78, 5) is 11.6. The molecule has 0 radical (unpaired) electrons. The lowest BCUT2D eigenvalue weighted by Gasteiger charge is -2.30. The molecule has 0 saturated carbocycles. The topological polar surface area (TPSA) is 66.8 Å². The molecule has 0 bridgehead atoms. The Morgan fingerprint density at radius 1 is 1.67 bits per heavy atom. The Bertz CT molecular complexity index is 275. The lowest BCUT2D eigenvalue weighted by Crippen LogP contribution is -2.33. The summed E-state index contributed by atoms with van der Waals surface area (Å²) in [6.45, 7) is 4.01. The maximum Gasteiger partial charge on any atom is 0.483 e. The van der Waals surface area contributed by atoms with E-state index in [0.29, 0.717) is 31.3 Å². The largest absolute Gasteiger partial charge is 0.483 e. The van der Waals surface area contributed by atoms with Gasteiger partial charge in [0.15, 0.2) is 0 Å². The van der Waals surface area contributed by atoms with Gasteiger partial charge in [0, 0.05) is 0 Å². The molecule has 0 amide bonds. The van der Waals surface area contributed by atoms with Gasteiger partial charge < -0.3 is 14.8 Å². The second-order valence-corrected chi connectivity index (χ2v) is 4.14. The Morgan fingerprint density at radius 3 is 2.73 bits per heavy atom. The minimum Gasteiger partial charge on any atom is -0.466 e.